The fraction of sp³-hybridized carbons (Fsp3) is 0.462. The fourth-order valence-electron chi connectivity index (χ4n) is 1.65. The van der Waals surface area contributed by atoms with Gasteiger partial charge in [-0.25, -0.2) is 0 Å². The van der Waals surface area contributed by atoms with Crippen LogP contribution >= 0.6 is 0 Å². The molecule has 1 rings (SSSR count). The smallest absolute Gasteiger partial charge is 0.218 e. The van der Waals surface area contributed by atoms with Crippen molar-refractivity contribution in [3.05, 3.63) is 35.9 Å². The molecule has 88 valence electrons. The molecule has 0 fully saturated rings. The summed E-state index contributed by atoms with van der Waals surface area (Å²) in [6.07, 6.45) is 0.395. The van der Waals surface area contributed by atoms with Crippen molar-refractivity contribution in [2.45, 2.75) is 32.2 Å². The molecule has 1 aromatic rings. The van der Waals surface area contributed by atoms with Gasteiger partial charge < -0.3 is 11.1 Å². The van der Waals surface area contributed by atoms with E-state index in [0.717, 1.165) is 0 Å². The Morgan fingerprint density at radius 3 is 2.50 bits per heavy atom. The van der Waals surface area contributed by atoms with Crippen LogP contribution in [0.15, 0.2) is 30.3 Å². The van der Waals surface area contributed by atoms with Gasteiger partial charge in [-0.15, -0.1) is 0 Å². The summed E-state index contributed by atoms with van der Waals surface area (Å²) in [6, 6.07) is 10.7. The highest BCUT2D eigenvalue weighted by Crippen LogP contribution is 2.18. The number of carbonyl (C=O) groups is 1. The molecule has 0 saturated heterocycles. The van der Waals surface area contributed by atoms with E-state index in [-0.39, 0.29) is 5.91 Å². The molecule has 0 radical (unpaired) electrons. The van der Waals surface area contributed by atoms with E-state index in [1.54, 1.807) is 0 Å². The number of hydrogen-bond donors (Lipinski definition) is 2. The molecular formula is C13H20N2O. The summed E-state index contributed by atoms with van der Waals surface area (Å²) in [6.45, 7) is 4.95. The predicted octanol–water partition coefficient (Wildman–Crippen LogP) is 1.64. The van der Waals surface area contributed by atoms with Crippen molar-refractivity contribution in [3.63, 3.8) is 0 Å². The quantitative estimate of drug-likeness (QED) is 0.765. The van der Waals surface area contributed by atoms with E-state index in [9.17, 15) is 4.79 Å². The standard InChI is InChI=1S/C13H20N2O/c1-10(12-6-4-3-5-7-12)11(2)15-9-8-13(14)16/h3-7,10-11,15H,8-9H2,1-2H3,(H2,14,16). The number of carbonyl (C=O) groups excluding carboxylic acids is 1. The third-order valence-electron chi connectivity index (χ3n) is 2.91. The van der Waals surface area contributed by atoms with Crippen LogP contribution in [0.25, 0.3) is 0 Å². The van der Waals surface area contributed by atoms with Gasteiger partial charge in [-0.2, -0.15) is 0 Å². The zero-order valence-electron chi connectivity index (χ0n) is 9.94. The Morgan fingerprint density at radius 2 is 1.94 bits per heavy atom. The predicted molar refractivity (Wildman–Crippen MR) is 66.1 cm³/mol. The molecule has 1 aromatic carbocycles. The van der Waals surface area contributed by atoms with Crippen LogP contribution in [-0.2, 0) is 4.79 Å². The molecule has 3 heteroatoms. The Hall–Kier alpha value is -1.35. The average Bonchev–Trinajstić information content (AvgIpc) is 2.28. The molecule has 16 heavy (non-hydrogen) atoms. The molecule has 0 aliphatic heterocycles. The fourth-order valence-corrected chi connectivity index (χ4v) is 1.65. The molecule has 3 nitrogen and oxygen atoms in total. The van der Waals surface area contributed by atoms with Gasteiger partial charge >= 0.3 is 0 Å². The van der Waals surface area contributed by atoms with Gasteiger partial charge in [-0.05, 0) is 18.4 Å². The zero-order valence-corrected chi connectivity index (χ0v) is 9.94. The Kier molecular flexibility index (Phi) is 4.99. The maximum absolute atomic E-state index is 10.6. The van der Waals surface area contributed by atoms with Crippen molar-refractivity contribution < 1.29 is 4.79 Å². The summed E-state index contributed by atoms with van der Waals surface area (Å²) >= 11 is 0. The molecule has 0 heterocycles. The van der Waals surface area contributed by atoms with E-state index in [1.165, 1.54) is 5.56 Å². The minimum Gasteiger partial charge on any atom is -0.370 e. The van der Waals surface area contributed by atoms with E-state index >= 15 is 0 Å². The molecule has 0 saturated carbocycles. The lowest BCUT2D eigenvalue weighted by Crippen LogP contribution is -2.33. The van der Waals surface area contributed by atoms with Crippen molar-refractivity contribution in [1.29, 1.82) is 0 Å². The number of benzene rings is 1. The number of rotatable bonds is 6. The first-order chi connectivity index (χ1) is 7.61. The minimum atomic E-state index is -0.257. The lowest BCUT2D eigenvalue weighted by molar-refractivity contribution is -0.117. The first kappa shape index (κ1) is 12.7. The molecule has 0 aliphatic rings. The second-order valence-corrected chi connectivity index (χ2v) is 4.16. The van der Waals surface area contributed by atoms with Crippen LogP contribution in [0.1, 0.15) is 31.7 Å². The molecule has 2 atom stereocenters. The summed E-state index contributed by atoms with van der Waals surface area (Å²) in [5, 5.41) is 3.31. The van der Waals surface area contributed by atoms with Gasteiger partial charge in [0.2, 0.25) is 5.91 Å². The largest absolute Gasteiger partial charge is 0.370 e. The summed E-state index contributed by atoms with van der Waals surface area (Å²) in [7, 11) is 0. The second kappa shape index (κ2) is 6.28. The van der Waals surface area contributed by atoms with E-state index in [2.05, 4.69) is 31.3 Å². The third kappa shape index (κ3) is 4.03. The summed E-state index contributed by atoms with van der Waals surface area (Å²) in [5.74, 6) is 0.168. The molecule has 1 amide bonds. The monoisotopic (exact) mass is 220 g/mol. The van der Waals surface area contributed by atoms with Gasteiger partial charge in [0.05, 0.1) is 0 Å². The highest BCUT2D eigenvalue weighted by Gasteiger charge is 2.13. The summed E-state index contributed by atoms with van der Waals surface area (Å²) in [5.41, 5.74) is 6.39. The lowest BCUT2D eigenvalue weighted by Gasteiger charge is -2.21. The van der Waals surface area contributed by atoms with Crippen molar-refractivity contribution in [2.24, 2.45) is 5.73 Å². The first-order valence-corrected chi connectivity index (χ1v) is 5.68. The van der Waals surface area contributed by atoms with E-state index in [0.29, 0.717) is 24.9 Å². The highest BCUT2D eigenvalue weighted by molar-refractivity contribution is 5.73. The Balaban J connectivity index is 2.42. The number of primary amides is 1. The Labute approximate surface area is 97.0 Å². The molecule has 2 unspecified atom stereocenters. The van der Waals surface area contributed by atoms with Gasteiger partial charge in [0.25, 0.3) is 0 Å². The van der Waals surface area contributed by atoms with E-state index in [1.807, 2.05) is 18.2 Å². The third-order valence-corrected chi connectivity index (χ3v) is 2.91. The first-order valence-electron chi connectivity index (χ1n) is 5.68. The molecule has 0 bridgehead atoms. The van der Waals surface area contributed by atoms with Crippen LogP contribution in [0.3, 0.4) is 0 Å². The van der Waals surface area contributed by atoms with E-state index < -0.39 is 0 Å². The van der Waals surface area contributed by atoms with Crippen LogP contribution in [0, 0.1) is 0 Å². The summed E-state index contributed by atoms with van der Waals surface area (Å²) < 4.78 is 0. The highest BCUT2D eigenvalue weighted by atomic mass is 16.1. The average molecular weight is 220 g/mol. The van der Waals surface area contributed by atoms with Gasteiger partial charge in [-0.1, -0.05) is 37.3 Å². The topological polar surface area (TPSA) is 55.1 Å². The SMILES string of the molecule is CC(NCCC(N)=O)C(C)c1ccccc1. The number of nitrogens with one attached hydrogen (secondary N) is 1. The van der Waals surface area contributed by atoms with Crippen molar-refractivity contribution in [3.8, 4) is 0 Å². The molecule has 3 N–H and O–H groups in total. The van der Waals surface area contributed by atoms with Gasteiger partial charge in [-0.3, -0.25) is 4.79 Å². The number of nitrogens with two attached hydrogens (primary N) is 1. The second-order valence-electron chi connectivity index (χ2n) is 4.16. The number of amides is 1. The molecule has 0 spiro atoms. The minimum absolute atomic E-state index is 0.257. The van der Waals surface area contributed by atoms with Crippen LogP contribution in [0.4, 0.5) is 0 Å². The molecule has 0 aliphatic carbocycles. The van der Waals surface area contributed by atoms with Gasteiger partial charge in [0, 0.05) is 19.0 Å². The molecule has 0 aromatic heterocycles. The summed E-state index contributed by atoms with van der Waals surface area (Å²) in [4.78, 5) is 10.6. The normalized spacial score (nSPS) is 14.4. The number of hydrogen-bond acceptors (Lipinski definition) is 2. The Bertz CT molecular complexity index is 324. The van der Waals surface area contributed by atoms with E-state index in [4.69, 9.17) is 5.73 Å². The van der Waals surface area contributed by atoms with Crippen LogP contribution in [-0.4, -0.2) is 18.5 Å². The van der Waals surface area contributed by atoms with Crippen LogP contribution < -0.4 is 11.1 Å². The van der Waals surface area contributed by atoms with Gasteiger partial charge in [0.1, 0.15) is 0 Å². The maximum Gasteiger partial charge on any atom is 0.218 e. The van der Waals surface area contributed by atoms with Gasteiger partial charge in [0.15, 0.2) is 0 Å². The van der Waals surface area contributed by atoms with Crippen molar-refractivity contribution in [2.75, 3.05) is 6.54 Å². The maximum atomic E-state index is 10.6. The van der Waals surface area contributed by atoms with Crippen molar-refractivity contribution in [1.82, 2.24) is 5.32 Å². The molecular weight excluding hydrogens is 200 g/mol. The van der Waals surface area contributed by atoms with Crippen LogP contribution in [0.5, 0.6) is 0 Å². The van der Waals surface area contributed by atoms with Crippen molar-refractivity contribution >= 4 is 5.91 Å². The zero-order chi connectivity index (χ0) is 12.0. The lowest BCUT2D eigenvalue weighted by atomic mass is 9.94. The van der Waals surface area contributed by atoms with Crippen LogP contribution in [0.2, 0.25) is 0 Å². The Morgan fingerprint density at radius 1 is 1.31 bits per heavy atom.